The van der Waals surface area contributed by atoms with Gasteiger partial charge >= 0.3 is 0 Å². The number of amides is 2. The molecule has 1 aromatic carbocycles. The Morgan fingerprint density at radius 3 is 2.09 bits per heavy atom. The van der Waals surface area contributed by atoms with E-state index in [9.17, 15) is 9.59 Å². The smallest absolute Gasteiger partial charge is 0.227 e. The van der Waals surface area contributed by atoms with Crippen LogP contribution in [0.5, 0.6) is 0 Å². The van der Waals surface area contributed by atoms with Gasteiger partial charge in [0, 0.05) is 23.6 Å². The SMILES string of the molecule is Cc1ccccc1NC(=O)C1CCC(C(=O)NC(C)C)CC1. The maximum atomic E-state index is 12.4. The molecule has 1 fully saturated rings. The minimum atomic E-state index is 0.0164. The Balaban J connectivity index is 1.85. The lowest BCUT2D eigenvalue weighted by Gasteiger charge is -2.27. The van der Waals surface area contributed by atoms with Gasteiger partial charge in [0.1, 0.15) is 0 Å². The molecular weight excluding hydrogens is 276 g/mol. The molecule has 4 heteroatoms. The number of para-hydroxylation sites is 1. The first-order valence-electron chi connectivity index (χ1n) is 8.14. The van der Waals surface area contributed by atoms with Crippen LogP contribution in [0.3, 0.4) is 0 Å². The van der Waals surface area contributed by atoms with Crippen LogP contribution in [0.2, 0.25) is 0 Å². The predicted molar refractivity (Wildman–Crippen MR) is 88.5 cm³/mol. The zero-order valence-corrected chi connectivity index (χ0v) is 13.7. The molecule has 2 N–H and O–H groups in total. The Morgan fingerprint density at radius 1 is 1.00 bits per heavy atom. The number of carbonyl (C=O) groups is 2. The molecule has 0 spiro atoms. The van der Waals surface area contributed by atoms with Gasteiger partial charge in [-0.25, -0.2) is 0 Å². The number of carbonyl (C=O) groups excluding carboxylic acids is 2. The summed E-state index contributed by atoms with van der Waals surface area (Å²) in [6.45, 7) is 5.93. The van der Waals surface area contributed by atoms with Gasteiger partial charge in [0.05, 0.1) is 0 Å². The summed E-state index contributed by atoms with van der Waals surface area (Å²) >= 11 is 0. The average molecular weight is 302 g/mol. The molecule has 22 heavy (non-hydrogen) atoms. The molecule has 1 aromatic rings. The second-order valence-electron chi connectivity index (χ2n) is 6.52. The molecule has 0 aromatic heterocycles. The molecule has 120 valence electrons. The summed E-state index contributed by atoms with van der Waals surface area (Å²) in [5.74, 6) is 0.289. The number of nitrogens with one attached hydrogen (secondary N) is 2. The molecule has 2 amide bonds. The first-order chi connectivity index (χ1) is 10.5. The zero-order valence-electron chi connectivity index (χ0n) is 13.7. The van der Waals surface area contributed by atoms with Crippen LogP contribution >= 0.6 is 0 Å². The summed E-state index contributed by atoms with van der Waals surface area (Å²) < 4.78 is 0. The van der Waals surface area contributed by atoms with Crippen molar-refractivity contribution in [2.45, 2.75) is 52.5 Å². The van der Waals surface area contributed by atoms with Crippen LogP contribution in [0, 0.1) is 18.8 Å². The van der Waals surface area contributed by atoms with Crippen LogP contribution < -0.4 is 10.6 Å². The molecule has 0 atom stereocenters. The average Bonchev–Trinajstić information content (AvgIpc) is 2.49. The summed E-state index contributed by atoms with van der Waals surface area (Å²) in [4.78, 5) is 24.4. The Labute approximate surface area is 132 Å². The van der Waals surface area contributed by atoms with Crippen molar-refractivity contribution in [3.63, 3.8) is 0 Å². The van der Waals surface area contributed by atoms with Crippen molar-refractivity contribution in [1.82, 2.24) is 5.32 Å². The molecule has 1 aliphatic carbocycles. The minimum absolute atomic E-state index is 0.0164. The van der Waals surface area contributed by atoms with Crippen LogP contribution in [0.4, 0.5) is 5.69 Å². The summed E-state index contributed by atoms with van der Waals surface area (Å²) in [5.41, 5.74) is 1.95. The van der Waals surface area contributed by atoms with E-state index in [1.54, 1.807) is 0 Å². The normalized spacial score (nSPS) is 21.5. The summed E-state index contributed by atoms with van der Waals surface area (Å²) in [6, 6.07) is 7.98. The van der Waals surface area contributed by atoms with Crippen LogP contribution in [0.25, 0.3) is 0 Å². The Kier molecular flexibility index (Phi) is 5.58. The van der Waals surface area contributed by atoms with Crippen molar-refractivity contribution in [2.75, 3.05) is 5.32 Å². The molecule has 0 saturated heterocycles. The van der Waals surface area contributed by atoms with Crippen molar-refractivity contribution >= 4 is 17.5 Å². The van der Waals surface area contributed by atoms with Gasteiger partial charge < -0.3 is 10.6 Å². The fraction of sp³-hybridized carbons (Fsp3) is 0.556. The highest BCUT2D eigenvalue weighted by Gasteiger charge is 2.30. The van der Waals surface area contributed by atoms with E-state index in [1.807, 2.05) is 45.0 Å². The monoisotopic (exact) mass is 302 g/mol. The van der Waals surface area contributed by atoms with Crippen LogP contribution in [-0.4, -0.2) is 17.9 Å². The van der Waals surface area contributed by atoms with Gasteiger partial charge in [-0.2, -0.15) is 0 Å². The minimum Gasteiger partial charge on any atom is -0.354 e. The van der Waals surface area contributed by atoms with Crippen LogP contribution in [0.1, 0.15) is 45.1 Å². The van der Waals surface area contributed by atoms with Crippen LogP contribution in [0.15, 0.2) is 24.3 Å². The van der Waals surface area contributed by atoms with E-state index in [1.165, 1.54) is 0 Å². The lowest BCUT2D eigenvalue weighted by Crippen LogP contribution is -2.38. The van der Waals surface area contributed by atoms with E-state index in [4.69, 9.17) is 0 Å². The number of benzene rings is 1. The molecule has 2 rings (SSSR count). The topological polar surface area (TPSA) is 58.2 Å². The van der Waals surface area contributed by atoms with Gasteiger partial charge in [0.2, 0.25) is 11.8 Å². The van der Waals surface area contributed by atoms with Gasteiger partial charge in [0.25, 0.3) is 0 Å². The molecule has 4 nitrogen and oxygen atoms in total. The standard InChI is InChI=1S/C18H26N2O2/c1-12(2)19-17(21)14-8-10-15(11-9-14)18(22)20-16-7-5-4-6-13(16)3/h4-7,12,14-15H,8-11H2,1-3H3,(H,19,21)(H,20,22). The maximum Gasteiger partial charge on any atom is 0.227 e. The quantitative estimate of drug-likeness (QED) is 0.897. The highest BCUT2D eigenvalue weighted by molar-refractivity contribution is 5.93. The Bertz CT molecular complexity index is 532. The molecule has 0 radical (unpaired) electrons. The lowest BCUT2D eigenvalue weighted by molar-refractivity contribution is -0.128. The predicted octanol–water partition coefficient (Wildman–Crippen LogP) is 3.26. The molecule has 0 unspecified atom stereocenters. The van der Waals surface area contributed by atoms with E-state index in [0.29, 0.717) is 0 Å². The van der Waals surface area contributed by atoms with Crippen molar-refractivity contribution in [2.24, 2.45) is 11.8 Å². The van der Waals surface area contributed by atoms with E-state index < -0.39 is 0 Å². The molecule has 0 aliphatic heterocycles. The van der Waals surface area contributed by atoms with Crippen molar-refractivity contribution in [3.05, 3.63) is 29.8 Å². The van der Waals surface area contributed by atoms with Crippen molar-refractivity contribution in [1.29, 1.82) is 0 Å². The fourth-order valence-corrected chi connectivity index (χ4v) is 2.97. The largest absolute Gasteiger partial charge is 0.354 e. The fourth-order valence-electron chi connectivity index (χ4n) is 2.97. The summed E-state index contributed by atoms with van der Waals surface area (Å²) in [7, 11) is 0. The maximum absolute atomic E-state index is 12.4. The van der Waals surface area contributed by atoms with Gasteiger partial charge in [-0.05, 0) is 58.1 Å². The molecule has 1 aliphatic rings. The number of hydrogen-bond acceptors (Lipinski definition) is 2. The van der Waals surface area contributed by atoms with E-state index >= 15 is 0 Å². The number of aryl methyl sites for hydroxylation is 1. The van der Waals surface area contributed by atoms with Crippen molar-refractivity contribution in [3.8, 4) is 0 Å². The van der Waals surface area contributed by atoms with Gasteiger partial charge in [-0.3, -0.25) is 9.59 Å². The number of rotatable bonds is 4. The number of hydrogen-bond donors (Lipinski definition) is 2. The first kappa shape index (κ1) is 16.5. The molecule has 1 saturated carbocycles. The Hall–Kier alpha value is -1.84. The first-order valence-corrected chi connectivity index (χ1v) is 8.14. The van der Waals surface area contributed by atoms with Crippen LogP contribution in [-0.2, 0) is 9.59 Å². The highest BCUT2D eigenvalue weighted by atomic mass is 16.2. The third kappa shape index (κ3) is 4.33. The van der Waals surface area contributed by atoms with E-state index in [0.717, 1.165) is 36.9 Å². The third-order valence-corrected chi connectivity index (χ3v) is 4.30. The second kappa shape index (κ2) is 7.43. The number of anilines is 1. The Morgan fingerprint density at radius 2 is 1.55 bits per heavy atom. The van der Waals surface area contributed by atoms with E-state index in [-0.39, 0.29) is 29.7 Å². The summed E-state index contributed by atoms with van der Waals surface area (Å²) in [5, 5.41) is 5.98. The molecule has 0 heterocycles. The lowest BCUT2D eigenvalue weighted by atomic mass is 9.81. The van der Waals surface area contributed by atoms with Gasteiger partial charge in [-0.15, -0.1) is 0 Å². The van der Waals surface area contributed by atoms with Gasteiger partial charge in [0.15, 0.2) is 0 Å². The molecule has 0 bridgehead atoms. The molecular formula is C18H26N2O2. The zero-order chi connectivity index (χ0) is 16.1. The highest BCUT2D eigenvalue weighted by Crippen LogP contribution is 2.30. The van der Waals surface area contributed by atoms with E-state index in [2.05, 4.69) is 10.6 Å². The summed E-state index contributed by atoms with van der Waals surface area (Å²) in [6.07, 6.45) is 3.16. The second-order valence-corrected chi connectivity index (χ2v) is 6.52. The van der Waals surface area contributed by atoms with Gasteiger partial charge in [-0.1, -0.05) is 18.2 Å². The van der Waals surface area contributed by atoms with Crippen molar-refractivity contribution < 1.29 is 9.59 Å². The third-order valence-electron chi connectivity index (χ3n) is 4.30.